The van der Waals surface area contributed by atoms with Gasteiger partial charge in [0.15, 0.2) is 0 Å². The predicted octanol–water partition coefficient (Wildman–Crippen LogP) is 2.70. The highest BCUT2D eigenvalue weighted by Crippen LogP contribution is 2.39. The van der Waals surface area contributed by atoms with Crippen LogP contribution >= 0.6 is 0 Å². The molecule has 0 bridgehead atoms. The molecule has 2 N–H and O–H groups in total. The zero-order chi connectivity index (χ0) is 14.1. The van der Waals surface area contributed by atoms with Crippen molar-refractivity contribution in [1.82, 2.24) is 5.01 Å². The lowest BCUT2D eigenvalue weighted by atomic mass is 10.0. The van der Waals surface area contributed by atoms with Crippen LogP contribution in [-0.2, 0) is 4.79 Å². The van der Waals surface area contributed by atoms with Crippen LogP contribution in [0.1, 0.15) is 33.6 Å². The van der Waals surface area contributed by atoms with Crippen molar-refractivity contribution in [1.29, 1.82) is 0 Å². The number of rotatable bonds is 3. The van der Waals surface area contributed by atoms with Crippen molar-refractivity contribution in [2.75, 3.05) is 0 Å². The minimum absolute atomic E-state index is 0.00574. The Morgan fingerprint density at radius 1 is 1.39 bits per heavy atom. The van der Waals surface area contributed by atoms with Gasteiger partial charge in [-0.3, -0.25) is 4.79 Å². The summed E-state index contributed by atoms with van der Waals surface area (Å²) in [4.78, 5) is 11.4. The monoisotopic (exact) mass is 262 g/mol. The molecule has 0 aliphatic heterocycles. The van der Waals surface area contributed by atoms with Gasteiger partial charge in [0.2, 0.25) is 0 Å². The third-order valence-electron chi connectivity index (χ3n) is 2.87. The fraction of sp³-hybridized carbons (Fsp3) is 0.583. The molecule has 102 valence electrons. The number of carbonyl (C=O) groups is 1. The molecule has 0 aromatic rings. The van der Waals surface area contributed by atoms with Crippen LogP contribution in [0.25, 0.3) is 0 Å². The molecule has 18 heavy (non-hydrogen) atoms. The van der Waals surface area contributed by atoms with Gasteiger partial charge in [0, 0.05) is 24.6 Å². The first-order chi connectivity index (χ1) is 8.18. The molecule has 0 fully saturated rings. The van der Waals surface area contributed by atoms with Gasteiger partial charge in [-0.25, -0.2) is 5.84 Å². The number of hydrogen-bond acceptors (Lipinski definition) is 3. The molecule has 0 aromatic heterocycles. The number of allylic oxidation sites excluding steroid dienone is 4. The SMILES string of the molecule is C/C=C(\C1=C(N(N)C(C)C)CC(=O)C1)C(F)(F)F. The molecule has 1 aliphatic rings. The first-order valence-electron chi connectivity index (χ1n) is 5.70. The number of carbonyl (C=O) groups excluding carboxylic acids is 1. The molecule has 1 rings (SSSR count). The third kappa shape index (κ3) is 2.93. The van der Waals surface area contributed by atoms with Crippen LogP contribution < -0.4 is 5.84 Å². The van der Waals surface area contributed by atoms with E-state index in [1.807, 2.05) is 0 Å². The smallest absolute Gasteiger partial charge is 0.312 e. The van der Waals surface area contributed by atoms with Gasteiger partial charge in [-0.2, -0.15) is 13.2 Å². The molecule has 1 aliphatic carbocycles. The number of hydrazine groups is 1. The van der Waals surface area contributed by atoms with Gasteiger partial charge in [-0.1, -0.05) is 6.08 Å². The van der Waals surface area contributed by atoms with Gasteiger partial charge in [-0.05, 0) is 26.3 Å². The van der Waals surface area contributed by atoms with E-state index in [1.54, 1.807) is 13.8 Å². The van der Waals surface area contributed by atoms with Gasteiger partial charge in [0.25, 0.3) is 0 Å². The number of nitrogens with two attached hydrogens (primary N) is 1. The summed E-state index contributed by atoms with van der Waals surface area (Å²) in [6, 6.07) is -0.160. The molecule has 0 saturated carbocycles. The largest absolute Gasteiger partial charge is 0.416 e. The van der Waals surface area contributed by atoms with Crippen LogP contribution in [0.5, 0.6) is 0 Å². The van der Waals surface area contributed by atoms with Crippen molar-refractivity contribution in [3.63, 3.8) is 0 Å². The minimum atomic E-state index is -4.46. The highest BCUT2D eigenvalue weighted by Gasteiger charge is 2.40. The van der Waals surface area contributed by atoms with Gasteiger partial charge < -0.3 is 5.01 Å². The van der Waals surface area contributed by atoms with Gasteiger partial charge >= 0.3 is 6.18 Å². The van der Waals surface area contributed by atoms with Crippen LogP contribution in [0.3, 0.4) is 0 Å². The highest BCUT2D eigenvalue weighted by molar-refractivity contribution is 5.88. The first-order valence-corrected chi connectivity index (χ1v) is 5.70. The van der Waals surface area contributed by atoms with Gasteiger partial charge in [0.05, 0.1) is 5.57 Å². The van der Waals surface area contributed by atoms with Crippen molar-refractivity contribution < 1.29 is 18.0 Å². The Morgan fingerprint density at radius 3 is 2.33 bits per heavy atom. The molecule has 3 nitrogen and oxygen atoms in total. The summed E-state index contributed by atoms with van der Waals surface area (Å²) in [5.41, 5.74) is -0.480. The fourth-order valence-electron chi connectivity index (χ4n) is 1.97. The molecular formula is C12H17F3N2O. The van der Waals surface area contributed by atoms with E-state index in [2.05, 4.69) is 0 Å². The Balaban J connectivity index is 3.23. The molecule has 0 aromatic carbocycles. The van der Waals surface area contributed by atoms with Crippen LogP contribution in [0, 0.1) is 0 Å². The molecular weight excluding hydrogens is 245 g/mol. The number of halogens is 3. The normalized spacial score (nSPS) is 18.0. The second-order valence-electron chi connectivity index (χ2n) is 4.52. The molecule has 0 heterocycles. The summed E-state index contributed by atoms with van der Waals surface area (Å²) in [5.74, 6) is 5.50. The Bertz CT molecular complexity index is 408. The van der Waals surface area contributed by atoms with E-state index in [0.29, 0.717) is 0 Å². The van der Waals surface area contributed by atoms with E-state index in [4.69, 9.17) is 5.84 Å². The van der Waals surface area contributed by atoms with E-state index < -0.39 is 11.7 Å². The first kappa shape index (κ1) is 14.8. The second-order valence-corrected chi connectivity index (χ2v) is 4.52. The topological polar surface area (TPSA) is 46.3 Å². The lowest BCUT2D eigenvalue weighted by molar-refractivity contribution is -0.117. The summed E-state index contributed by atoms with van der Waals surface area (Å²) in [7, 11) is 0. The van der Waals surface area contributed by atoms with E-state index in [1.165, 1.54) is 11.9 Å². The average Bonchev–Trinajstić information content (AvgIpc) is 2.57. The summed E-state index contributed by atoms with van der Waals surface area (Å²) in [6.45, 7) is 4.83. The summed E-state index contributed by atoms with van der Waals surface area (Å²) < 4.78 is 38.6. The van der Waals surface area contributed by atoms with Crippen molar-refractivity contribution in [2.45, 2.75) is 45.8 Å². The maximum Gasteiger partial charge on any atom is 0.416 e. The van der Waals surface area contributed by atoms with E-state index in [0.717, 1.165) is 6.08 Å². The zero-order valence-electron chi connectivity index (χ0n) is 10.6. The fourth-order valence-corrected chi connectivity index (χ4v) is 1.97. The molecule has 0 amide bonds. The quantitative estimate of drug-likeness (QED) is 0.628. The number of ketones is 1. The van der Waals surface area contributed by atoms with E-state index in [-0.39, 0.29) is 35.9 Å². The standard InChI is InChI=1S/C12H17F3N2O/c1-4-10(12(13,14)15)9-5-8(18)6-11(9)17(16)7(2)3/h4,7H,5-6,16H2,1-3H3/b10-4+. The third-order valence-corrected chi connectivity index (χ3v) is 2.87. The molecule has 0 unspecified atom stereocenters. The van der Waals surface area contributed by atoms with Crippen LogP contribution in [0.15, 0.2) is 22.9 Å². The Kier molecular flexibility index (Phi) is 4.21. The van der Waals surface area contributed by atoms with E-state index in [9.17, 15) is 18.0 Å². The summed E-state index contributed by atoms with van der Waals surface area (Å²) in [5, 5.41) is 1.25. The number of hydrogen-bond donors (Lipinski definition) is 1. The molecule has 0 radical (unpaired) electrons. The second kappa shape index (κ2) is 5.14. The van der Waals surface area contributed by atoms with Crippen molar-refractivity contribution in [3.05, 3.63) is 22.9 Å². The van der Waals surface area contributed by atoms with Crippen LogP contribution in [-0.4, -0.2) is 23.0 Å². The number of Topliss-reactive ketones (excluding diaryl/α,β-unsaturated/α-hetero) is 1. The predicted molar refractivity (Wildman–Crippen MR) is 62.2 cm³/mol. The Hall–Kier alpha value is -1.30. The van der Waals surface area contributed by atoms with Crippen molar-refractivity contribution in [3.8, 4) is 0 Å². The maximum atomic E-state index is 12.9. The molecule has 0 saturated heterocycles. The van der Waals surface area contributed by atoms with Crippen LogP contribution in [0.2, 0.25) is 0 Å². The minimum Gasteiger partial charge on any atom is -0.312 e. The Morgan fingerprint density at radius 2 is 1.94 bits per heavy atom. The number of alkyl halides is 3. The lowest BCUT2D eigenvalue weighted by Gasteiger charge is -2.26. The van der Waals surface area contributed by atoms with Crippen molar-refractivity contribution in [2.24, 2.45) is 5.84 Å². The summed E-state index contributed by atoms with van der Waals surface area (Å²) >= 11 is 0. The molecule has 0 spiro atoms. The molecule has 0 atom stereocenters. The highest BCUT2D eigenvalue weighted by atomic mass is 19.4. The maximum absolute atomic E-state index is 12.9. The van der Waals surface area contributed by atoms with Crippen LogP contribution in [0.4, 0.5) is 13.2 Å². The zero-order valence-corrected chi connectivity index (χ0v) is 10.6. The van der Waals surface area contributed by atoms with E-state index >= 15 is 0 Å². The molecule has 6 heteroatoms. The Labute approximate surface area is 104 Å². The summed E-state index contributed by atoms with van der Waals surface area (Å²) in [6.07, 6.45) is -3.70. The van der Waals surface area contributed by atoms with Gasteiger partial charge in [0.1, 0.15) is 5.78 Å². The lowest BCUT2D eigenvalue weighted by Crippen LogP contribution is -2.37. The van der Waals surface area contributed by atoms with Crippen molar-refractivity contribution >= 4 is 5.78 Å². The van der Waals surface area contributed by atoms with Gasteiger partial charge in [-0.15, -0.1) is 0 Å². The average molecular weight is 262 g/mol. The number of nitrogens with zero attached hydrogens (tertiary/aromatic N) is 1.